The highest BCUT2D eigenvalue weighted by Crippen LogP contribution is 2.23. The van der Waals surface area contributed by atoms with Crippen molar-refractivity contribution in [3.63, 3.8) is 0 Å². The number of aliphatic carboxylic acids is 1. The lowest BCUT2D eigenvalue weighted by atomic mass is 10.4. The molecule has 12 heavy (non-hydrogen) atoms. The molecule has 0 fully saturated rings. The predicted molar refractivity (Wildman–Crippen MR) is 27.2 cm³/mol. The Kier molecular flexibility index (Phi) is 3.39. The van der Waals surface area contributed by atoms with Crippen LogP contribution in [0.25, 0.3) is 0 Å². The van der Waals surface area contributed by atoms with Crippen molar-refractivity contribution in [3.8, 4) is 0 Å². The Morgan fingerprint density at radius 3 is 1.50 bits per heavy atom. The van der Waals surface area contributed by atoms with Crippen LogP contribution in [0.4, 0.5) is 22.0 Å². The highest BCUT2D eigenvalue weighted by Gasteiger charge is 2.21. The second-order valence-corrected chi connectivity index (χ2v) is 1.51. The van der Waals surface area contributed by atoms with E-state index in [0.29, 0.717) is 0 Å². The molecule has 7 heteroatoms. The molecule has 0 radical (unpaired) electrons. The maximum Gasteiger partial charge on any atom is 0.367 e. The zero-order valence-electron chi connectivity index (χ0n) is 5.25. The molecule has 0 amide bonds. The smallest absolute Gasteiger partial charge is 0.367 e. The van der Waals surface area contributed by atoms with E-state index in [0.717, 1.165) is 0 Å². The zero-order valence-corrected chi connectivity index (χ0v) is 5.25. The van der Waals surface area contributed by atoms with Crippen LogP contribution in [0.5, 0.6) is 0 Å². The van der Waals surface area contributed by atoms with Gasteiger partial charge in [-0.25, -0.2) is 4.79 Å². The number of carboxylic acid groups (broad SMARTS) is 1. The summed E-state index contributed by atoms with van der Waals surface area (Å²) in [5.41, 5.74) is 0. The monoisotopic (exact) mass is 188 g/mol. The van der Waals surface area contributed by atoms with E-state index in [1.165, 1.54) is 0 Å². The quantitative estimate of drug-likeness (QED) is 0.410. The van der Waals surface area contributed by atoms with Gasteiger partial charge in [-0.2, -0.15) is 22.0 Å². The zero-order chi connectivity index (χ0) is 9.89. The van der Waals surface area contributed by atoms with E-state index in [9.17, 15) is 26.7 Å². The molecule has 68 valence electrons. The molecule has 0 saturated carbocycles. The summed E-state index contributed by atoms with van der Waals surface area (Å²) >= 11 is 0. The number of hydrogen-bond donors (Lipinski definition) is 1. The Balaban J connectivity index is 5.06. The van der Waals surface area contributed by atoms with Gasteiger partial charge in [-0.05, 0) is 0 Å². The van der Waals surface area contributed by atoms with Crippen molar-refractivity contribution >= 4 is 5.97 Å². The lowest BCUT2D eigenvalue weighted by Crippen LogP contribution is -1.98. The molecule has 0 aliphatic rings. The molecular weight excluding hydrogens is 187 g/mol. The highest BCUT2D eigenvalue weighted by molar-refractivity contribution is 5.85. The van der Waals surface area contributed by atoms with Crippen molar-refractivity contribution < 1.29 is 31.9 Å². The first-order chi connectivity index (χ1) is 5.37. The number of rotatable bonds is 2. The van der Waals surface area contributed by atoms with Gasteiger partial charge in [0.2, 0.25) is 17.5 Å². The summed E-state index contributed by atoms with van der Waals surface area (Å²) in [6, 6.07) is 0. The summed E-state index contributed by atoms with van der Waals surface area (Å²) in [6.07, 6.45) is -3.12. The molecule has 0 atom stereocenters. The molecule has 0 aromatic carbocycles. The SMILES string of the molecule is O=C(O)C(F)=C(F)C(F)=C(F)F. The predicted octanol–water partition coefficient (Wildman–Crippen LogP) is 2.30. The van der Waals surface area contributed by atoms with Gasteiger partial charge in [-0.1, -0.05) is 0 Å². The Labute approximate surface area is 62.6 Å². The van der Waals surface area contributed by atoms with Gasteiger partial charge in [-0.15, -0.1) is 0 Å². The summed E-state index contributed by atoms with van der Waals surface area (Å²) in [5, 5.41) is 7.68. The average Bonchev–Trinajstić information content (AvgIpc) is 2.00. The van der Waals surface area contributed by atoms with E-state index in [-0.39, 0.29) is 0 Å². The summed E-state index contributed by atoms with van der Waals surface area (Å²) in [5.74, 6) is -10.6. The normalized spacial score (nSPS) is 12.1. The number of halogens is 5. The van der Waals surface area contributed by atoms with Crippen LogP contribution in [-0.4, -0.2) is 11.1 Å². The molecule has 2 nitrogen and oxygen atoms in total. The molecule has 0 heterocycles. The molecule has 0 unspecified atom stereocenters. The Bertz CT molecular complexity index is 263. The van der Waals surface area contributed by atoms with Crippen LogP contribution in [0.2, 0.25) is 0 Å². The fraction of sp³-hybridized carbons (Fsp3) is 0. The highest BCUT2D eigenvalue weighted by atomic mass is 19.3. The molecule has 0 aromatic heterocycles. The van der Waals surface area contributed by atoms with E-state index in [1.54, 1.807) is 0 Å². The largest absolute Gasteiger partial charge is 0.476 e. The third kappa shape index (κ3) is 2.33. The summed E-state index contributed by atoms with van der Waals surface area (Å²) in [7, 11) is 0. The average molecular weight is 188 g/mol. The number of carbonyl (C=O) groups is 1. The standard InChI is InChI=1S/C5HF5O2/c6-1(2(7)4(9)10)3(8)5(11)12/h(H,11,12). The van der Waals surface area contributed by atoms with Crippen molar-refractivity contribution in [2.24, 2.45) is 0 Å². The lowest BCUT2D eigenvalue weighted by Gasteiger charge is -1.91. The van der Waals surface area contributed by atoms with Gasteiger partial charge in [0.25, 0.3) is 0 Å². The van der Waals surface area contributed by atoms with Crippen LogP contribution in [0.3, 0.4) is 0 Å². The third-order valence-electron chi connectivity index (χ3n) is 0.739. The van der Waals surface area contributed by atoms with Crippen LogP contribution in [0.1, 0.15) is 0 Å². The van der Waals surface area contributed by atoms with Crippen molar-refractivity contribution in [1.82, 2.24) is 0 Å². The second kappa shape index (κ2) is 3.84. The number of hydrogen-bond acceptors (Lipinski definition) is 1. The van der Waals surface area contributed by atoms with E-state index >= 15 is 0 Å². The third-order valence-corrected chi connectivity index (χ3v) is 0.739. The van der Waals surface area contributed by atoms with Gasteiger partial charge >= 0.3 is 12.0 Å². The summed E-state index contributed by atoms with van der Waals surface area (Å²) in [4.78, 5) is 9.56. The molecule has 0 aromatic rings. The van der Waals surface area contributed by atoms with Crippen LogP contribution < -0.4 is 0 Å². The maximum absolute atomic E-state index is 11.9. The van der Waals surface area contributed by atoms with Crippen LogP contribution in [-0.2, 0) is 4.79 Å². The topological polar surface area (TPSA) is 37.3 Å². The minimum Gasteiger partial charge on any atom is -0.476 e. The Morgan fingerprint density at radius 2 is 1.25 bits per heavy atom. The van der Waals surface area contributed by atoms with Crippen molar-refractivity contribution in [2.75, 3.05) is 0 Å². The van der Waals surface area contributed by atoms with Gasteiger partial charge in [0.1, 0.15) is 0 Å². The minimum absolute atomic E-state index is 2.45. The fourth-order valence-corrected chi connectivity index (χ4v) is 0.273. The van der Waals surface area contributed by atoms with Crippen LogP contribution >= 0.6 is 0 Å². The van der Waals surface area contributed by atoms with E-state index in [4.69, 9.17) is 5.11 Å². The van der Waals surface area contributed by atoms with Crippen molar-refractivity contribution in [2.45, 2.75) is 0 Å². The van der Waals surface area contributed by atoms with Gasteiger partial charge in [0, 0.05) is 0 Å². The van der Waals surface area contributed by atoms with Gasteiger partial charge < -0.3 is 5.11 Å². The maximum atomic E-state index is 11.9. The van der Waals surface area contributed by atoms with E-state index in [2.05, 4.69) is 0 Å². The van der Waals surface area contributed by atoms with E-state index in [1.807, 2.05) is 0 Å². The summed E-state index contributed by atoms with van der Waals surface area (Å²) in [6.45, 7) is 0. The fourth-order valence-electron chi connectivity index (χ4n) is 0.273. The minimum atomic E-state index is -3.12. The van der Waals surface area contributed by atoms with Gasteiger partial charge in [-0.3, -0.25) is 0 Å². The first kappa shape index (κ1) is 10.6. The van der Waals surface area contributed by atoms with E-state index < -0.39 is 29.5 Å². The molecule has 1 N–H and O–H groups in total. The number of allylic oxidation sites excluding steroid dienone is 2. The van der Waals surface area contributed by atoms with Gasteiger partial charge in [0.05, 0.1) is 0 Å². The molecule has 0 saturated heterocycles. The second-order valence-electron chi connectivity index (χ2n) is 1.51. The first-order valence-corrected chi connectivity index (χ1v) is 2.37. The van der Waals surface area contributed by atoms with Crippen molar-refractivity contribution in [1.29, 1.82) is 0 Å². The molecule has 0 aliphatic heterocycles. The first-order valence-electron chi connectivity index (χ1n) is 2.37. The van der Waals surface area contributed by atoms with Crippen LogP contribution in [0.15, 0.2) is 23.6 Å². The summed E-state index contributed by atoms with van der Waals surface area (Å²) < 4.78 is 57.8. The Hall–Kier alpha value is -1.40. The van der Waals surface area contributed by atoms with Crippen LogP contribution in [0, 0.1) is 0 Å². The molecule has 0 spiro atoms. The Morgan fingerprint density at radius 1 is 0.833 bits per heavy atom. The molecule has 0 bridgehead atoms. The van der Waals surface area contributed by atoms with Gasteiger partial charge in [0.15, 0.2) is 0 Å². The lowest BCUT2D eigenvalue weighted by molar-refractivity contribution is -0.134. The number of carboxylic acids is 1. The molecule has 0 aliphatic carbocycles. The molecule has 0 rings (SSSR count). The molecular formula is C5HF5O2. The van der Waals surface area contributed by atoms with Crippen molar-refractivity contribution in [3.05, 3.63) is 23.6 Å².